The Morgan fingerprint density at radius 1 is 1.29 bits per heavy atom. The van der Waals surface area contributed by atoms with Crippen LogP contribution >= 0.6 is 11.3 Å². The van der Waals surface area contributed by atoms with Crippen LogP contribution in [0.5, 0.6) is 0 Å². The highest BCUT2D eigenvalue weighted by atomic mass is 32.1. The SMILES string of the molecule is Cc1nonc1CNC(=O)C1CC(=O)N(c2nnc(Cc3ccccc3)s2)C1. The van der Waals surface area contributed by atoms with E-state index in [2.05, 4.69) is 30.5 Å². The van der Waals surface area contributed by atoms with Crippen molar-refractivity contribution in [1.82, 2.24) is 25.8 Å². The first-order valence-corrected chi connectivity index (χ1v) is 9.64. The van der Waals surface area contributed by atoms with Crippen molar-refractivity contribution in [2.24, 2.45) is 5.92 Å². The Morgan fingerprint density at radius 2 is 2.11 bits per heavy atom. The van der Waals surface area contributed by atoms with Gasteiger partial charge in [0.2, 0.25) is 16.9 Å². The molecular weight excluding hydrogens is 380 g/mol. The number of carbonyl (C=O) groups excluding carboxylic acids is 2. The number of benzene rings is 1. The lowest BCUT2D eigenvalue weighted by Gasteiger charge is -2.12. The molecule has 1 N–H and O–H groups in total. The molecule has 1 fully saturated rings. The van der Waals surface area contributed by atoms with Crippen molar-refractivity contribution in [1.29, 1.82) is 0 Å². The minimum atomic E-state index is -0.436. The van der Waals surface area contributed by atoms with E-state index in [9.17, 15) is 9.59 Å². The van der Waals surface area contributed by atoms with Crippen LogP contribution in [-0.4, -0.2) is 38.9 Å². The average molecular weight is 398 g/mol. The minimum Gasteiger partial charge on any atom is -0.350 e. The van der Waals surface area contributed by atoms with Gasteiger partial charge >= 0.3 is 0 Å². The molecule has 0 spiro atoms. The van der Waals surface area contributed by atoms with Gasteiger partial charge in [0.25, 0.3) is 0 Å². The lowest BCUT2D eigenvalue weighted by atomic mass is 10.1. The molecule has 10 heteroatoms. The molecule has 0 bridgehead atoms. The summed E-state index contributed by atoms with van der Waals surface area (Å²) in [7, 11) is 0. The largest absolute Gasteiger partial charge is 0.350 e. The van der Waals surface area contributed by atoms with Gasteiger partial charge in [-0.05, 0) is 12.5 Å². The van der Waals surface area contributed by atoms with E-state index in [0.717, 1.165) is 10.6 Å². The maximum atomic E-state index is 12.4. The third-order valence-corrected chi connectivity index (χ3v) is 5.50. The summed E-state index contributed by atoms with van der Waals surface area (Å²) in [6.07, 6.45) is 0.811. The molecule has 2 aromatic heterocycles. The number of nitrogens with zero attached hydrogens (tertiary/aromatic N) is 5. The van der Waals surface area contributed by atoms with Crippen molar-refractivity contribution < 1.29 is 14.2 Å². The molecule has 0 saturated carbocycles. The van der Waals surface area contributed by atoms with E-state index in [0.29, 0.717) is 29.5 Å². The standard InChI is InChI=1S/C18H18N6O3S/c1-11-14(23-27-22-11)9-19-17(26)13-8-16(25)24(10-13)18-21-20-15(28-18)7-12-5-3-2-4-6-12/h2-6,13H,7-10H2,1H3,(H,19,26). The highest BCUT2D eigenvalue weighted by Gasteiger charge is 2.36. The number of aromatic nitrogens is 4. The van der Waals surface area contributed by atoms with Gasteiger partial charge in [-0.15, -0.1) is 10.2 Å². The highest BCUT2D eigenvalue weighted by Crippen LogP contribution is 2.28. The van der Waals surface area contributed by atoms with Gasteiger partial charge in [0.15, 0.2) is 0 Å². The molecule has 1 aromatic carbocycles. The molecule has 144 valence electrons. The molecule has 1 aliphatic rings. The molecule has 1 aliphatic heterocycles. The molecule has 3 aromatic rings. The quantitative estimate of drug-likeness (QED) is 0.669. The molecule has 3 heterocycles. The molecule has 28 heavy (non-hydrogen) atoms. The molecule has 1 saturated heterocycles. The van der Waals surface area contributed by atoms with Crippen molar-refractivity contribution in [2.45, 2.75) is 26.3 Å². The van der Waals surface area contributed by atoms with Crippen LogP contribution in [0, 0.1) is 12.8 Å². The molecule has 0 aliphatic carbocycles. The predicted octanol–water partition coefficient (Wildman–Crippen LogP) is 1.49. The summed E-state index contributed by atoms with van der Waals surface area (Å²) in [4.78, 5) is 26.4. The van der Waals surface area contributed by atoms with Gasteiger partial charge in [-0.25, -0.2) is 4.63 Å². The molecule has 1 unspecified atom stereocenters. The van der Waals surface area contributed by atoms with E-state index in [1.165, 1.54) is 11.3 Å². The van der Waals surface area contributed by atoms with Crippen LogP contribution < -0.4 is 10.2 Å². The van der Waals surface area contributed by atoms with Crippen molar-refractivity contribution in [3.63, 3.8) is 0 Å². The van der Waals surface area contributed by atoms with Crippen LogP contribution in [-0.2, 0) is 22.6 Å². The minimum absolute atomic E-state index is 0.123. The number of amides is 2. The zero-order chi connectivity index (χ0) is 19.5. The van der Waals surface area contributed by atoms with Gasteiger partial charge in [-0.1, -0.05) is 52.0 Å². The number of nitrogens with one attached hydrogen (secondary N) is 1. The Hall–Kier alpha value is -3.14. The Labute approximate surface area is 164 Å². The van der Waals surface area contributed by atoms with Crippen molar-refractivity contribution in [2.75, 3.05) is 11.4 Å². The van der Waals surface area contributed by atoms with Gasteiger partial charge in [-0.2, -0.15) is 0 Å². The van der Waals surface area contributed by atoms with Gasteiger partial charge in [0, 0.05) is 19.4 Å². The summed E-state index contributed by atoms with van der Waals surface area (Å²) in [5.41, 5.74) is 2.33. The van der Waals surface area contributed by atoms with Crippen LogP contribution in [0.25, 0.3) is 0 Å². The van der Waals surface area contributed by atoms with Gasteiger partial charge in [-0.3, -0.25) is 14.5 Å². The van der Waals surface area contributed by atoms with Crippen molar-refractivity contribution >= 4 is 28.3 Å². The lowest BCUT2D eigenvalue weighted by molar-refractivity contribution is -0.126. The summed E-state index contributed by atoms with van der Waals surface area (Å²) in [6.45, 7) is 2.26. The fourth-order valence-corrected chi connectivity index (χ4v) is 3.89. The Kier molecular flexibility index (Phi) is 5.11. The molecular formula is C18H18N6O3S. The van der Waals surface area contributed by atoms with Gasteiger partial charge in [0.1, 0.15) is 16.4 Å². The number of carbonyl (C=O) groups is 2. The lowest BCUT2D eigenvalue weighted by Crippen LogP contribution is -2.32. The predicted molar refractivity (Wildman–Crippen MR) is 100 cm³/mol. The summed E-state index contributed by atoms with van der Waals surface area (Å²) >= 11 is 1.38. The molecule has 1 atom stereocenters. The average Bonchev–Trinajstić information content (AvgIpc) is 3.41. The van der Waals surface area contributed by atoms with E-state index in [-0.39, 0.29) is 24.8 Å². The molecule has 9 nitrogen and oxygen atoms in total. The first kappa shape index (κ1) is 18.2. The number of rotatable bonds is 6. The number of hydrogen-bond acceptors (Lipinski definition) is 8. The Balaban J connectivity index is 1.37. The van der Waals surface area contributed by atoms with Crippen LogP contribution in [0.2, 0.25) is 0 Å². The topological polar surface area (TPSA) is 114 Å². The number of anilines is 1. The van der Waals surface area contributed by atoms with E-state index < -0.39 is 5.92 Å². The second kappa shape index (κ2) is 7.85. The van der Waals surface area contributed by atoms with E-state index >= 15 is 0 Å². The number of aryl methyl sites for hydroxylation is 1. The van der Waals surface area contributed by atoms with Gasteiger partial charge < -0.3 is 5.32 Å². The summed E-state index contributed by atoms with van der Waals surface area (Å²) in [5, 5.41) is 19.9. The van der Waals surface area contributed by atoms with E-state index in [1.807, 2.05) is 30.3 Å². The fourth-order valence-electron chi connectivity index (χ4n) is 2.99. The maximum Gasteiger partial charge on any atom is 0.229 e. The van der Waals surface area contributed by atoms with E-state index in [4.69, 9.17) is 0 Å². The summed E-state index contributed by atoms with van der Waals surface area (Å²) in [5.74, 6) is -0.761. The first-order chi connectivity index (χ1) is 13.6. The third kappa shape index (κ3) is 3.91. The first-order valence-electron chi connectivity index (χ1n) is 8.82. The van der Waals surface area contributed by atoms with Crippen LogP contribution in [0.3, 0.4) is 0 Å². The molecule has 4 rings (SSSR count). The molecule has 2 amide bonds. The molecule has 0 radical (unpaired) electrons. The Morgan fingerprint density at radius 3 is 2.86 bits per heavy atom. The Bertz CT molecular complexity index is 986. The monoisotopic (exact) mass is 398 g/mol. The second-order valence-electron chi connectivity index (χ2n) is 6.56. The summed E-state index contributed by atoms with van der Waals surface area (Å²) in [6, 6.07) is 9.95. The normalized spacial score (nSPS) is 16.5. The smallest absolute Gasteiger partial charge is 0.229 e. The second-order valence-corrected chi connectivity index (χ2v) is 7.60. The summed E-state index contributed by atoms with van der Waals surface area (Å²) < 4.78 is 4.61. The van der Waals surface area contributed by atoms with E-state index in [1.54, 1.807) is 11.8 Å². The maximum absolute atomic E-state index is 12.4. The zero-order valence-electron chi connectivity index (χ0n) is 15.2. The number of hydrogen-bond donors (Lipinski definition) is 1. The van der Waals surface area contributed by atoms with Crippen LogP contribution in [0.15, 0.2) is 35.0 Å². The van der Waals surface area contributed by atoms with Crippen molar-refractivity contribution in [3.8, 4) is 0 Å². The zero-order valence-corrected chi connectivity index (χ0v) is 16.0. The fraction of sp³-hybridized carbons (Fsp3) is 0.333. The highest BCUT2D eigenvalue weighted by molar-refractivity contribution is 7.15. The third-order valence-electron chi connectivity index (χ3n) is 4.56. The van der Waals surface area contributed by atoms with Gasteiger partial charge in [0.05, 0.1) is 12.5 Å². The van der Waals surface area contributed by atoms with Crippen molar-refractivity contribution in [3.05, 3.63) is 52.3 Å². The van der Waals surface area contributed by atoms with Crippen LogP contribution in [0.1, 0.15) is 28.4 Å². The van der Waals surface area contributed by atoms with Crippen LogP contribution in [0.4, 0.5) is 5.13 Å².